The van der Waals surface area contributed by atoms with E-state index >= 15 is 0 Å². The molecular formula is C13H22O4. The fourth-order valence-electron chi connectivity index (χ4n) is 1.84. The maximum Gasteiger partial charge on any atom is 0.333 e. The summed E-state index contributed by atoms with van der Waals surface area (Å²) in [5, 5.41) is 19.1. The topological polar surface area (TPSA) is 66.8 Å². The Kier molecular flexibility index (Phi) is 5.15. The normalized spacial score (nSPS) is 26.9. The van der Waals surface area contributed by atoms with Crippen molar-refractivity contribution in [1.82, 2.24) is 0 Å². The van der Waals surface area contributed by atoms with Gasteiger partial charge in [-0.05, 0) is 31.8 Å². The SMILES string of the molecule is CC(O)C(C)CCCCCC1(O)C=CC(=O)O1. The van der Waals surface area contributed by atoms with Gasteiger partial charge in [-0.1, -0.05) is 19.8 Å². The van der Waals surface area contributed by atoms with Crippen LogP contribution in [0.2, 0.25) is 0 Å². The van der Waals surface area contributed by atoms with Crippen molar-refractivity contribution < 1.29 is 19.7 Å². The molecule has 1 aliphatic heterocycles. The van der Waals surface area contributed by atoms with E-state index in [1.165, 1.54) is 12.2 Å². The zero-order chi connectivity index (χ0) is 12.9. The second-order valence-electron chi connectivity index (χ2n) is 4.92. The molecule has 0 spiro atoms. The molecule has 0 bridgehead atoms. The average molecular weight is 242 g/mol. The Bertz CT molecular complexity index is 285. The molecule has 0 aliphatic carbocycles. The minimum atomic E-state index is -1.38. The summed E-state index contributed by atoms with van der Waals surface area (Å²) in [7, 11) is 0. The standard InChI is InChI=1S/C13H22O4/c1-10(11(2)14)6-4-3-5-8-13(16)9-7-12(15)17-13/h7,9-11,14,16H,3-6,8H2,1-2H3. The lowest BCUT2D eigenvalue weighted by Gasteiger charge is -2.19. The number of hydrogen-bond acceptors (Lipinski definition) is 4. The van der Waals surface area contributed by atoms with E-state index < -0.39 is 11.8 Å². The third kappa shape index (κ3) is 4.88. The highest BCUT2D eigenvalue weighted by molar-refractivity contribution is 5.84. The first-order valence-corrected chi connectivity index (χ1v) is 6.25. The molecule has 98 valence electrons. The highest BCUT2D eigenvalue weighted by Crippen LogP contribution is 2.24. The molecule has 3 atom stereocenters. The minimum absolute atomic E-state index is 0.266. The van der Waals surface area contributed by atoms with Crippen molar-refractivity contribution in [1.29, 1.82) is 0 Å². The summed E-state index contributed by atoms with van der Waals surface area (Å²) < 4.78 is 4.78. The van der Waals surface area contributed by atoms with Gasteiger partial charge < -0.3 is 14.9 Å². The Morgan fingerprint density at radius 3 is 2.59 bits per heavy atom. The zero-order valence-corrected chi connectivity index (χ0v) is 10.6. The summed E-state index contributed by atoms with van der Waals surface area (Å²) in [4.78, 5) is 10.8. The average Bonchev–Trinajstić information content (AvgIpc) is 2.58. The van der Waals surface area contributed by atoms with E-state index in [2.05, 4.69) is 0 Å². The van der Waals surface area contributed by atoms with Crippen LogP contribution in [0.15, 0.2) is 12.2 Å². The number of aliphatic hydroxyl groups excluding tert-OH is 1. The highest BCUT2D eigenvalue weighted by atomic mass is 16.7. The lowest BCUT2D eigenvalue weighted by molar-refractivity contribution is -0.180. The lowest BCUT2D eigenvalue weighted by Crippen LogP contribution is -2.27. The van der Waals surface area contributed by atoms with Gasteiger partial charge in [-0.15, -0.1) is 0 Å². The van der Waals surface area contributed by atoms with Gasteiger partial charge in [-0.25, -0.2) is 4.79 Å². The smallest absolute Gasteiger partial charge is 0.333 e. The molecule has 4 heteroatoms. The van der Waals surface area contributed by atoms with Gasteiger partial charge in [0.15, 0.2) is 0 Å². The minimum Gasteiger partial charge on any atom is -0.426 e. The van der Waals surface area contributed by atoms with Crippen LogP contribution in [-0.2, 0) is 9.53 Å². The molecule has 1 aliphatic rings. The summed E-state index contributed by atoms with van der Waals surface area (Å²) in [6, 6.07) is 0. The molecule has 4 nitrogen and oxygen atoms in total. The second kappa shape index (κ2) is 6.17. The lowest BCUT2D eigenvalue weighted by atomic mass is 9.97. The van der Waals surface area contributed by atoms with Crippen molar-refractivity contribution in [2.75, 3.05) is 0 Å². The first-order valence-electron chi connectivity index (χ1n) is 6.25. The fourth-order valence-corrected chi connectivity index (χ4v) is 1.84. The first-order chi connectivity index (χ1) is 7.93. The number of carbonyl (C=O) groups is 1. The van der Waals surface area contributed by atoms with Gasteiger partial charge in [0.1, 0.15) is 0 Å². The van der Waals surface area contributed by atoms with Crippen LogP contribution in [0.3, 0.4) is 0 Å². The van der Waals surface area contributed by atoms with Gasteiger partial charge in [0.25, 0.3) is 0 Å². The van der Waals surface area contributed by atoms with Crippen LogP contribution >= 0.6 is 0 Å². The summed E-state index contributed by atoms with van der Waals surface area (Å²) in [6.07, 6.45) is 6.61. The zero-order valence-electron chi connectivity index (χ0n) is 10.6. The van der Waals surface area contributed by atoms with Crippen molar-refractivity contribution in [3.8, 4) is 0 Å². The molecule has 0 aromatic rings. The van der Waals surface area contributed by atoms with Gasteiger partial charge in [-0.3, -0.25) is 0 Å². The number of ether oxygens (including phenoxy) is 1. The summed E-state index contributed by atoms with van der Waals surface area (Å²) in [6.45, 7) is 3.83. The van der Waals surface area contributed by atoms with Crippen LogP contribution in [0.4, 0.5) is 0 Å². The molecule has 1 rings (SSSR count). The molecule has 0 saturated carbocycles. The molecule has 0 radical (unpaired) electrons. The van der Waals surface area contributed by atoms with E-state index in [9.17, 15) is 15.0 Å². The maximum absolute atomic E-state index is 10.8. The van der Waals surface area contributed by atoms with Crippen LogP contribution in [0.25, 0.3) is 0 Å². The first kappa shape index (κ1) is 14.2. The molecule has 3 unspecified atom stereocenters. The van der Waals surface area contributed by atoms with E-state index in [4.69, 9.17) is 4.74 Å². The molecule has 0 aromatic heterocycles. The Morgan fingerprint density at radius 2 is 2.06 bits per heavy atom. The van der Waals surface area contributed by atoms with Crippen molar-refractivity contribution in [3.63, 3.8) is 0 Å². The van der Waals surface area contributed by atoms with Crippen molar-refractivity contribution in [3.05, 3.63) is 12.2 Å². The number of esters is 1. The van der Waals surface area contributed by atoms with Crippen LogP contribution in [0.5, 0.6) is 0 Å². The monoisotopic (exact) mass is 242 g/mol. The fraction of sp³-hybridized carbons (Fsp3) is 0.769. The largest absolute Gasteiger partial charge is 0.426 e. The Morgan fingerprint density at radius 1 is 1.35 bits per heavy atom. The quantitative estimate of drug-likeness (QED) is 0.527. The summed E-state index contributed by atoms with van der Waals surface area (Å²) >= 11 is 0. The number of cyclic esters (lactones) is 1. The summed E-state index contributed by atoms with van der Waals surface area (Å²) in [5.41, 5.74) is 0. The van der Waals surface area contributed by atoms with Gasteiger partial charge >= 0.3 is 5.97 Å². The molecule has 17 heavy (non-hydrogen) atoms. The van der Waals surface area contributed by atoms with Gasteiger partial charge in [0.2, 0.25) is 5.79 Å². The van der Waals surface area contributed by atoms with E-state index in [0.29, 0.717) is 12.3 Å². The molecule has 0 saturated heterocycles. The van der Waals surface area contributed by atoms with E-state index in [1.54, 1.807) is 6.92 Å². The number of rotatable bonds is 7. The number of carbonyl (C=O) groups excluding carboxylic acids is 1. The predicted molar refractivity (Wildman–Crippen MR) is 64.1 cm³/mol. The Labute approximate surface area is 102 Å². The van der Waals surface area contributed by atoms with Crippen molar-refractivity contribution >= 4 is 5.97 Å². The van der Waals surface area contributed by atoms with Gasteiger partial charge in [0.05, 0.1) is 6.10 Å². The van der Waals surface area contributed by atoms with Crippen LogP contribution < -0.4 is 0 Å². The molecule has 1 heterocycles. The highest BCUT2D eigenvalue weighted by Gasteiger charge is 2.32. The maximum atomic E-state index is 10.8. The van der Waals surface area contributed by atoms with E-state index in [-0.39, 0.29) is 6.10 Å². The Hall–Kier alpha value is -0.870. The predicted octanol–water partition coefficient (Wildman–Crippen LogP) is 1.76. The third-order valence-electron chi connectivity index (χ3n) is 3.28. The number of aliphatic hydroxyl groups is 2. The van der Waals surface area contributed by atoms with Crippen LogP contribution in [-0.4, -0.2) is 28.1 Å². The number of unbranched alkanes of at least 4 members (excludes halogenated alkanes) is 2. The van der Waals surface area contributed by atoms with E-state index in [0.717, 1.165) is 25.7 Å². The van der Waals surface area contributed by atoms with Crippen molar-refractivity contribution in [2.45, 2.75) is 57.8 Å². The van der Waals surface area contributed by atoms with Gasteiger partial charge in [-0.2, -0.15) is 0 Å². The molecule has 0 aromatic carbocycles. The third-order valence-corrected chi connectivity index (χ3v) is 3.28. The van der Waals surface area contributed by atoms with Crippen LogP contribution in [0, 0.1) is 5.92 Å². The summed E-state index contributed by atoms with van der Waals surface area (Å²) in [5.74, 6) is -1.55. The second-order valence-corrected chi connectivity index (χ2v) is 4.92. The van der Waals surface area contributed by atoms with Gasteiger partial charge in [0, 0.05) is 12.5 Å². The van der Waals surface area contributed by atoms with Crippen molar-refractivity contribution in [2.24, 2.45) is 5.92 Å². The molecule has 0 fully saturated rings. The molecule has 0 amide bonds. The van der Waals surface area contributed by atoms with E-state index in [1.807, 2.05) is 6.92 Å². The Balaban J connectivity index is 2.09. The van der Waals surface area contributed by atoms with Crippen LogP contribution in [0.1, 0.15) is 46.0 Å². The number of hydrogen-bond donors (Lipinski definition) is 2. The molecular weight excluding hydrogens is 220 g/mol. The molecule has 2 N–H and O–H groups in total.